The highest BCUT2D eigenvalue weighted by molar-refractivity contribution is 5.70. The Hall–Kier alpha value is -0.570. The van der Waals surface area contributed by atoms with E-state index < -0.39 is 5.97 Å². The molecule has 0 amide bonds. The summed E-state index contributed by atoms with van der Waals surface area (Å²) in [5.41, 5.74) is 0. The van der Waals surface area contributed by atoms with Crippen molar-refractivity contribution in [3.8, 4) is 0 Å². The number of carbonyl (C=O) groups is 1. The van der Waals surface area contributed by atoms with E-state index in [-0.39, 0.29) is 5.92 Å². The SMILES string of the molecule is CC(C)CC1CCN(C)CC1C(=O)O. The van der Waals surface area contributed by atoms with Crippen LogP contribution < -0.4 is 0 Å². The van der Waals surface area contributed by atoms with Crippen LogP contribution in [-0.2, 0) is 4.79 Å². The monoisotopic (exact) mass is 199 g/mol. The summed E-state index contributed by atoms with van der Waals surface area (Å²) in [5, 5.41) is 9.11. The molecule has 0 bridgehead atoms. The fourth-order valence-corrected chi connectivity index (χ4v) is 2.33. The van der Waals surface area contributed by atoms with E-state index in [9.17, 15) is 4.79 Å². The number of hydrogen-bond acceptors (Lipinski definition) is 2. The van der Waals surface area contributed by atoms with Gasteiger partial charge in [-0.3, -0.25) is 4.79 Å². The van der Waals surface area contributed by atoms with Gasteiger partial charge in [-0.25, -0.2) is 0 Å². The number of carboxylic acid groups (broad SMARTS) is 1. The first kappa shape index (κ1) is 11.5. The van der Waals surface area contributed by atoms with E-state index in [1.165, 1.54) is 0 Å². The van der Waals surface area contributed by atoms with Gasteiger partial charge in [0.05, 0.1) is 5.92 Å². The lowest BCUT2D eigenvalue weighted by Crippen LogP contribution is -2.42. The topological polar surface area (TPSA) is 40.5 Å². The molecule has 2 unspecified atom stereocenters. The normalized spacial score (nSPS) is 29.4. The number of aliphatic carboxylic acids is 1. The summed E-state index contributed by atoms with van der Waals surface area (Å²) in [6.07, 6.45) is 2.08. The predicted octanol–water partition coefficient (Wildman–Crippen LogP) is 1.69. The summed E-state index contributed by atoms with van der Waals surface area (Å²) < 4.78 is 0. The average molecular weight is 199 g/mol. The molecule has 0 aromatic carbocycles. The Labute approximate surface area is 86.1 Å². The Kier molecular flexibility index (Phi) is 3.93. The second kappa shape index (κ2) is 4.78. The highest BCUT2D eigenvalue weighted by Gasteiger charge is 2.32. The van der Waals surface area contributed by atoms with Gasteiger partial charge >= 0.3 is 5.97 Å². The summed E-state index contributed by atoms with van der Waals surface area (Å²) in [5.74, 6) is 0.201. The smallest absolute Gasteiger partial charge is 0.308 e. The van der Waals surface area contributed by atoms with Crippen LogP contribution in [0.25, 0.3) is 0 Å². The van der Waals surface area contributed by atoms with Gasteiger partial charge in [-0.15, -0.1) is 0 Å². The van der Waals surface area contributed by atoms with Crippen LogP contribution in [0.15, 0.2) is 0 Å². The Bertz CT molecular complexity index is 203. The number of likely N-dealkylation sites (tertiary alicyclic amines) is 1. The first-order valence-electron chi connectivity index (χ1n) is 5.42. The molecule has 14 heavy (non-hydrogen) atoms. The molecule has 1 aliphatic rings. The molecule has 0 spiro atoms. The van der Waals surface area contributed by atoms with E-state index in [0.29, 0.717) is 18.4 Å². The quantitative estimate of drug-likeness (QED) is 0.752. The van der Waals surface area contributed by atoms with Gasteiger partial charge in [0.1, 0.15) is 0 Å². The van der Waals surface area contributed by atoms with Gasteiger partial charge in [0.2, 0.25) is 0 Å². The van der Waals surface area contributed by atoms with Crippen LogP contribution in [0, 0.1) is 17.8 Å². The van der Waals surface area contributed by atoms with Crippen molar-refractivity contribution in [3.63, 3.8) is 0 Å². The summed E-state index contributed by atoms with van der Waals surface area (Å²) in [6, 6.07) is 0. The summed E-state index contributed by atoms with van der Waals surface area (Å²) in [6.45, 7) is 6.09. The minimum atomic E-state index is -0.623. The maximum atomic E-state index is 11.1. The third-order valence-corrected chi connectivity index (χ3v) is 3.05. The Morgan fingerprint density at radius 3 is 2.71 bits per heavy atom. The summed E-state index contributed by atoms with van der Waals surface area (Å²) in [4.78, 5) is 13.2. The molecule has 1 heterocycles. The lowest BCUT2D eigenvalue weighted by atomic mass is 9.80. The maximum Gasteiger partial charge on any atom is 0.308 e. The highest BCUT2D eigenvalue weighted by atomic mass is 16.4. The summed E-state index contributed by atoms with van der Waals surface area (Å²) >= 11 is 0. The fourth-order valence-electron chi connectivity index (χ4n) is 2.33. The number of hydrogen-bond donors (Lipinski definition) is 1. The standard InChI is InChI=1S/C11H21NO2/c1-8(2)6-9-4-5-12(3)7-10(9)11(13)14/h8-10H,4-7H2,1-3H3,(H,13,14). The van der Waals surface area contributed by atoms with Crippen molar-refractivity contribution in [2.45, 2.75) is 26.7 Å². The number of rotatable bonds is 3. The maximum absolute atomic E-state index is 11.1. The van der Waals surface area contributed by atoms with E-state index in [2.05, 4.69) is 18.7 Å². The van der Waals surface area contributed by atoms with Crippen LogP contribution >= 0.6 is 0 Å². The third-order valence-electron chi connectivity index (χ3n) is 3.05. The molecule has 0 aliphatic carbocycles. The van der Waals surface area contributed by atoms with Crippen LogP contribution in [0.4, 0.5) is 0 Å². The lowest BCUT2D eigenvalue weighted by molar-refractivity contribution is -0.146. The number of nitrogens with zero attached hydrogens (tertiary/aromatic N) is 1. The second-order valence-electron chi connectivity index (χ2n) is 4.89. The van der Waals surface area contributed by atoms with Crippen molar-refractivity contribution in [3.05, 3.63) is 0 Å². The fraction of sp³-hybridized carbons (Fsp3) is 0.909. The van der Waals surface area contributed by atoms with Crippen molar-refractivity contribution in [2.24, 2.45) is 17.8 Å². The zero-order valence-electron chi connectivity index (χ0n) is 9.36. The van der Waals surface area contributed by atoms with Crippen molar-refractivity contribution in [1.82, 2.24) is 4.90 Å². The molecule has 0 radical (unpaired) electrons. The van der Waals surface area contributed by atoms with Gasteiger partial charge in [0.25, 0.3) is 0 Å². The first-order valence-corrected chi connectivity index (χ1v) is 5.42. The Morgan fingerprint density at radius 2 is 2.21 bits per heavy atom. The highest BCUT2D eigenvalue weighted by Crippen LogP contribution is 2.28. The van der Waals surface area contributed by atoms with E-state index >= 15 is 0 Å². The van der Waals surface area contributed by atoms with Crippen molar-refractivity contribution in [2.75, 3.05) is 20.1 Å². The largest absolute Gasteiger partial charge is 0.481 e. The molecule has 1 N–H and O–H groups in total. The van der Waals surface area contributed by atoms with Crippen molar-refractivity contribution < 1.29 is 9.90 Å². The van der Waals surface area contributed by atoms with E-state index in [1.54, 1.807) is 0 Å². The number of carboxylic acids is 1. The van der Waals surface area contributed by atoms with Crippen molar-refractivity contribution in [1.29, 1.82) is 0 Å². The molecule has 0 aromatic heterocycles. The van der Waals surface area contributed by atoms with Crippen LogP contribution in [-0.4, -0.2) is 36.1 Å². The van der Waals surface area contributed by atoms with Gasteiger partial charge < -0.3 is 10.0 Å². The first-order chi connectivity index (χ1) is 6.50. The van der Waals surface area contributed by atoms with Crippen molar-refractivity contribution >= 4 is 5.97 Å². The second-order valence-corrected chi connectivity index (χ2v) is 4.89. The van der Waals surface area contributed by atoms with E-state index in [4.69, 9.17) is 5.11 Å². The zero-order chi connectivity index (χ0) is 10.7. The Morgan fingerprint density at radius 1 is 1.57 bits per heavy atom. The third kappa shape index (κ3) is 2.98. The van der Waals surface area contributed by atoms with Gasteiger partial charge in [0.15, 0.2) is 0 Å². The molecule has 3 nitrogen and oxygen atoms in total. The van der Waals surface area contributed by atoms with Gasteiger partial charge in [-0.05, 0) is 38.3 Å². The molecule has 0 aromatic rings. The van der Waals surface area contributed by atoms with Gasteiger partial charge in [-0.2, -0.15) is 0 Å². The molecular formula is C11H21NO2. The molecule has 1 aliphatic heterocycles. The molecule has 2 atom stereocenters. The van der Waals surface area contributed by atoms with Crippen LogP contribution in [0.2, 0.25) is 0 Å². The van der Waals surface area contributed by atoms with Crippen LogP contribution in [0.5, 0.6) is 0 Å². The van der Waals surface area contributed by atoms with Gasteiger partial charge in [0, 0.05) is 6.54 Å². The Balaban J connectivity index is 2.58. The molecule has 3 heteroatoms. The van der Waals surface area contributed by atoms with Crippen LogP contribution in [0.1, 0.15) is 26.7 Å². The minimum Gasteiger partial charge on any atom is -0.481 e. The van der Waals surface area contributed by atoms with Crippen LogP contribution in [0.3, 0.4) is 0 Å². The van der Waals surface area contributed by atoms with E-state index in [1.807, 2.05) is 7.05 Å². The molecular weight excluding hydrogens is 178 g/mol. The molecule has 1 saturated heterocycles. The van der Waals surface area contributed by atoms with Gasteiger partial charge in [-0.1, -0.05) is 13.8 Å². The zero-order valence-corrected chi connectivity index (χ0v) is 9.36. The van der Waals surface area contributed by atoms with E-state index in [0.717, 1.165) is 19.4 Å². The predicted molar refractivity (Wildman–Crippen MR) is 56.2 cm³/mol. The average Bonchev–Trinajstić information content (AvgIpc) is 2.07. The molecule has 0 saturated carbocycles. The molecule has 82 valence electrons. The number of piperidine rings is 1. The lowest BCUT2D eigenvalue weighted by Gasteiger charge is -2.35. The minimum absolute atomic E-state index is 0.156. The molecule has 1 rings (SSSR count). The molecule has 1 fully saturated rings. The summed E-state index contributed by atoms with van der Waals surface area (Å²) in [7, 11) is 2.00.